The summed E-state index contributed by atoms with van der Waals surface area (Å²) in [6.45, 7) is 0. The van der Waals surface area contributed by atoms with Crippen LogP contribution in [0.4, 0.5) is 4.79 Å². The van der Waals surface area contributed by atoms with Crippen LogP contribution in [0.3, 0.4) is 0 Å². The second-order valence-corrected chi connectivity index (χ2v) is 0.864. The lowest BCUT2D eigenvalue weighted by atomic mass is 11.2. The SMILES string of the molecule is NC(=O)NN[Si]. The summed E-state index contributed by atoms with van der Waals surface area (Å²) in [5, 5.41) is 2.15. The van der Waals surface area contributed by atoms with Crippen molar-refractivity contribution < 1.29 is 4.79 Å². The Morgan fingerprint density at radius 2 is 2.33 bits per heavy atom. The first-order chi connectivity index (χ1) is 2.77. The maximum absolute atomic E-state index is 9.62. The maximum atomic E-state index is 9.62. The van der Waals surface area contributed by atoms with Gasteiger partial charge in [-0.25, -0.2) is 4.79 Å². The molecule has 0 saturated heterocycles. The first-order valence-electron chi connectivity index (χ1n) is 1.24. The van der Waals surface area contributed by atoms with Crippen molar-refractivity contribution in [3.8, 4) is 0 Å². The summed E-state index contributed by atoms with van der Waals surface area (Å²) in [5.41, 5.74) is 6.57. The Kier molecular flexibility index (Phi) is 2.43. The molecule has 6 heavy (non-hydrogen) atoms. The fourth-order valence-corrected chi connectivity index (χ4v) is 0.185. The molecule has 3 radical (unpaired) electrons. The van der Waals surface area contributed by atoms with Crippen LogP contribution in [-0.2, 0) is 0 Å². The van der Waals surface area contributed by atoms with E-state index in [1.165, 1.54) is 0 Å². The Balaban J connectivity index is 2.83. The summed E-state index contributed by atoms with van der Waals surface area (Å²) < 4.78 is 0. The number of amides is 2. The van der Waals surface area contributed by atoms with E-state index in [0.717, 1.165) is 0 Å². The van der Waals surface area contributed by atoms with Gasteiger partial charge in [0, 0.05) is 0 Å². The van der Waals surface area contributed by atoms with Gasteiger partial charge in [0.15, 0.2) is 10.4 Å². The predicted molar refractivity (Wildman–Crippen MR) is 21.6 cm³/mol. The molecule has 0 heterocycles. The second kappa shape index (κ2) is 2.67. The number of carbonyl (C=O) groups is 1. The molecule has 0 aliphatic rings. The van der Waals surface area contributed by atoms with E-state index in [9.17, 15) is 4.79 Å². The van der Waals surface area contributed by atoms with Crippen LogP contribution in [0.15, 0.2) is 0 Å². The normalized spacial score (nSPS) is 7.50. The third-order valence-corrected chi connectivity index (χ3v) is 0.311. The van der Waals surface area contributed by atoms with E-state index in [4.69, 9.17) is 0 Å². The topological polar surface area (TPSA) is 67.2 Å². The molecule has 0 aromatic rings. The molecule has 0 aromatic carbocycles. The van der Waals surface area contributed by atoms with E-state index in [1.54, 1.807) is 0 Å². The minimum absolute atomic E-state index is 0.620. The Morgan fingerprint density at radius 3 is 2.33 bits per heavy atom. The number of primary amides is 1. The number of hydrazine groups is 1. The molecule has 0 aliphatic carbocycles. The van der Waals surface area contributed by atoms with E-state index >= 15 is 0 Å². The van der Waals surface area contributed by atoms with Gasteiger partial charge in [-0.1, -0.05) is 0 Å². The van der Waals surface area contributed by atoms with Crippen molar-refractivity contribution in [1.29, 1.82) is 0 Å². The Bertz CT molecular complexity index is 54.8. The summed E-state index contributed by atoms with van der Waals surface area (Å²) in [6, 6.07) is -0.620. The van der Waals surface area contributed by atoms with Gasteiger partial charge in [-0.15, -0.1) is 0 Å². The monoisotopic (exact) mass is 102 g/mol. The van der Waals surface area contributed by atoms with Gasteiger partial charge in [0.1, 0.15) is 0 Å². The van der Waals surface area contributed by atoms with Crippen molar-refractivity contribution in [2.24, 2.45) is 5.73 Å². The van der Waals surface area contributed by atoms with E-state index < -0.39 is 6.03 Å². The van der Waals surface area contributed by atoms with Gasteiger partial charge < -0.3 is 5.73 Å². The van der Waals surface area contributed by atoms with E-state index in [-0.39, 0.29) is 0 Å². The minimum Gasteiger partial charge on any atom is -0.351 e. The third-order valence-electron chi connectivity index (χ3n) is 0.186. The summed E-state index contributed by atoms with van der Waals surface area (Å²) in [5.74, 6) is 0. The molecule has 0 rings (SSSR count). The molecule has 0 aromatic heterocycles. The van der Waals surface area contributed by atoms with E-state index in [0.29, 0.717) is 0 Å². The molecule has 0 unspecified atom stereocenters. The van der Waals surface area contributed by atoms with Crippen molar-refractivity contribution in [3.05, 3.63) is 0 Å². The molecule has 33 valence electrons. The zero-order valence-corrected chi connectivity index (χ0v) is 3.99. The van der Waals surface area contributed by atoms with Crippen LogP contribution in [0.25, 0.3) is 0 Å². The van der Waals surface area contributed by atoms with Crippen LogP contribution in [-0.4, -0.2) is 16.4 Å². The molecule has 0 bridgehead atoms. The molecule has 4 N–H and O–H groups in total. The first-order valence-corrected chi connectivity index (χ1v) is 1.74. The summed E-state index contributed by atoms with van der Waals surface area (Å²) >= 11 is 0. The molecule has 0 aliphatic heterocycles. The highest BCUT2D eigenvalue weighted by atomic mass is 28.2. The fraction of sp³-hybridized carbons (Fsp3) is 0. The number of carbonyl (C=O) groups excluding carboxylic acids is 1. The number of nitrogens with two attached hydrogens (primary N) is 1. The Hall–Kier alpha value is -0.553. The highest BCUT2D eigenvalue weighted by Gasteiger charge is 1.78. The van der Waals surface area contributed by atoms with Gasteiger partial charge in [0.05, 0.1) is 0 Å². The molecule has 0 saturated carbocycles. The highest BCUT2D eigenvalue weighted by molar-refractivity contribution is 6.04. The number of hydrogen-bond donors (Lipinski definition) is 3. The van der Waals surface area contributed by atoms with Gasteiger partial charge in [-0.2, -0.15) is 0 Å². The average Bonchev–Trinajstić information content (AvgIpc) is 1.35. The van der Waals surface area contributed by atoms with Crippen molar-refractivity contribution in [3.63, 3.8) is 0 Å². The molecular weight excluding hydrogens is 98.1 g/mol. The zero-order chi connectivity index (χ0) is 4.99. The van der Waals surface area contributed by atoms with Crippen molar-refractivity contribution >= 4 is 16.4 Å². The molecule has 5 heteroatoms. The number of nitrogens with one attached hydrogen (secondary N) is 2. The molecule has 4 nitrogen and oxygen atoms in total. The molecule has 2 amide bonds. The average molecular weight is 102 g/mol. The van der Waals surface area contributed by atoms with Crippen molar-refractivity contribution in [1.82, 2.24) is 10.5 Å². The van der Waals surface area contributed by atoms with Gasteiger partial charge in [0.25, 0.3) is 0 Å². The van der Waals surface area contributed by atoms with Crippen LogP contribution in [0.2, 0.25) is 0 Å². The van der Waals surface area contributed by atoms with E-state index in [2.05, 4.69) is 21.2 Å². The van der Waals surface area contributed by atoms with Crippen LogP contribution in [0, 0.1) is 0 Å². The van der Waals surface area contributed by atoms with Crippen LogP contribution in [0.5, 0.6) is 0 Å². The van der Waals surface area contributed by atoms with Gasteiger partial charge in [-0.05, 0) is 0 Å². The number of rotatable bonds is 1. The van der Waals surface area contributed by atoms with Gasteiger partial charge in [-0.3, -0.25) is 10.5 Å². The summed E-state index contributed by atoms with van der Waals surface area (Å²) in [4.78, 5) is 9.62. The first kappa shape index (κ1) is 5.45. The highest BCUT2D eigenvalue weighted by Crippen LogP contribution is 1.39. The number of hydrogen-bond acceptors (Lipinski definition) is 2. The fourth-order valence-electron chi connectivity index (χ4n) is 0.0616. The zero-order valence-electron chi connectivity index (χ0n) is 2.99. The summed E-state index contributed by atoms with van der Waals surface area (Å²) in [6.07, 6.45) is 0. The predicted octanol–water partition coefficient (Wildman–Crippen LogP) is -1.76. The van der Waals surface area contributed by atoms with Gasteiger partial charge in [0.2, 0.25) is 0 Å². The minimum atomic E-state index is -0.620. The van der Waals surface area contributed by atoms with Gasteiger partial charge >= 0.3 is 6.03 Å². The largest absolute Gasteiger partial charge is 0.351 e. The number of urea groups is 1. The summed E-state index contributed by atoms with van der Waals surface area (Å²) in [7, 11) is 2.73. The van der Waals surface area contributed by atoms with E-state index in [1.807, 2.05) is 5.43 Å². The lowest BCUT2D eigenvalue weighted by Crippen LogP contribution is -2.39. The second-order valence-electron chi connectivity index (χ2n) is 0.614. The molecule has 0 atom stereocenters. The van der Waals surface area contributed by atoms with Crippen molar-refractivity contribution in [2.75, 3.05) is 0 Å². The standard InChI is InChI=1S/CH4N3OSi/c2-1(5)3-4-6/h4H,(H3,2,3,5). The quantitative estimate of drug-likeness (QED) is 0.271. The lowest BCUT2D eigenvalue weighted by molar-refractivity contribution is 0.247. The molecule has 0 spiro atoms. The van der Waals surface area contributed by atoms with Crippen molar-refractivity contribution in [2.45, 2.75) is 0 Å². The smallest absolute Gasteiger partial charge is 0.325 e. The Morgan fingerprint density at radius 1 is 1.83 bits per heavy atom. The maximum Gasteiger partial charge on any atom is 0.325 e. The van der Waals surface area contributed by atoms with Crippen LogP contribution >= 0.6 is 0 Å². The third kappa shape index (κ3) is 3.45. The molecular formula is CH4N3OSi. The lowest BCUT2D eigenvalue weighted by Gasteiger charge is -1.91. The molecule has 0 fully saturated rings. The van der Waals surface area contributed by atoms with Crippen LogP contribution < -0.4 is 16.3 Å². The Labute approximate surface area is 38.6 Å². The van der Waals surface area contributed by atoms with Crippen LogP contribution in [0.1, 0.15) is 0 Å².